The molecule has 0 heteroatoms. The topological polar surface area (TPSA) is 0 Å². The van der Waals surface area contributed by atoms with Crippen molar-refractivity contribution in [3.05, 3.63) is 69.8 Å². The minimum Gasteiger partial charge on any atom is -0.0642 e. The van der Waals surface area contributed by atoms with Crippen LogP contribution in [-0.2, 0) is 31.1 Å². The summed E-state index contributed by atoms with van der Waals surface area (Å²) in [4.78, 5) is 0. The Bertz CT molecular complexity index is 578. The number of benzene rings is 2. The molecule has 2 aromatic carbocycles. The summed E-state index contributed by atoms with van der Waals surface area (Å²) in [7, 11) is 0. The molecule has 2 rings (SSSR count). The monoisotopic (exact) mass is 322 g/mol. The lowest BCUT2D eigenvalue weighted by atomic mass is 9.72. The molecular weight excluding hydrogens is 288 g/mol. The van der Waals surface area contributed by atoms with Crippen LogP contribution in [0.25, 0.3) is 0 Å². The van der Waals surface area contributed by atoms with Crippen LogP contribution in [0.4, 0.5) is 0 Å². The molecule has 2 aromatic rings. The normalized spacial score (nSPS) is 11.8. The zero-order chi connectivity index (χ0) is 17.7. The van der Waals surface area contributed by atoms with Crippen LogP contribution in [0, 0.1) is 0 Å². The quantitative estimate of drug-likeness (QED) is 0.535. The minimum absolute atomic E-state index is 0.0875. The van der Waals surface area contributed by atoms with Crippen LogP contribution in [0.1, 0.15) is 81.3 Å². The van der Waals surface area contributed by atoms with E-state index in [1.54, 1.807) is 0 Å². The lowest BCUT2D eigenvalue weighted by Crippen LogP contribution is -2.23. The maximum atomic E-state index is 2.44. The zero-order valence-electron chi connectivity index (χ0n) is 16.5. The summed E-state index contributed by atoms with van der Waals surface area (Å²) in [6.45, 7) is 13.8. The van der Waals surface area contributed by atoms with Crippen LogP contribution < -0.4 is 0 Å². The van der Waals surface area contributed by atoms with Crippen LogP contribution in [0.5, 0.6) is 0 Å². The average Bonchev–Trinajstić information content (AvgIpc) is 2.66. The van der Waals surface area contributed by atoms with E-state index in [1.165, 1.54) is 33.4 Å². The first-order chi connectivity index (χ1) is 11.5. The van der Waals surface area contributed by atoms with Crippen LogP contribution >= 0.6 is 0 Å². The first-order valence-corrected chi connectivity index (χ1v) is 9.77. The van der Waals surface area contributed by atoms with E-state index in [4.69, 9.17) is 0 Å². The van der Waals surface area contributed by atoms with E-state index in [0.29, 0.717) is 0 Å². The fourth-order valence-electron chi connectivity index (χ4n) is 3.55. The lowest BCUT2D eigenvalue weighted by molar-refractivity contribution is 0.547. The molecule has 0 saturated heterocycles. The number of hydrogen-bond acceptors (Lipinski definition) is 0. The largest absolute Gasteiger partial charge is 0.0642 e. The SMILES string of the molecule is CCc1cc(CC)cc(C(C)(CC)c2cc(CC)cc(CC)c2)c1. The molecule has 24 heavy (non-hydrogen) atoms. The summed E-state index contributed by atoms with van der Waals surface area (Å²) in [6.07, 6.45) is 5.55. The maximum Gasteiger partial charge on any atom is 0.0172 e. The van der Waals surface area contributed by atoms with Crippen molar-refractivity contribution in [1.29, 1.82) is 0 Å². The molecule has 0 aliphatic heterocycles. The van der Waals surface area contributed by atoms with Crippen molar-refractivity contribution in [2.75, 3.05) is 0 Å². The molecule has 0 N–H and O–H groups in total. The molecule has 0 spiro atoms. The van der Waals surface area contributed by atoms with Crippen molar-refractivity contribution in [3.8, 4) is 0 Å². The van der Waals surface area contributed by atoms with Crippen molar-refractivity contribution < 1.29 is 0 Å². The predicted molar refractivity (Wildman–Crippen MR) is 107 cm³/mol. The van der Waals surface area contributed by atoms with Gasteiger partial charge >= 0.3 is 0 Å². The van der Waals surface area contributed by atoms with Crippen LogP contribution in [-0.4, -0.2) is 0 Å². The molecule has 0 nitrogen and oxygen atoms in total. The molecule has 0 atom stereocenters. The average molecular weight is 323 g/mol. The van der Waals surface area contributed by atoms with E-state index in [9.17, 15) is 0 Å². The second-order valence-corrected chi connectivity index (χ2v) is 7.18. The summed E-state index contributed by atoms with van der Waals surface area (Å²) in [5.74, 6) is 0. The highest BCUT2D eigenvalue weighted by Crippen LogP contribution is 2.37. The molecular formula is C24H34. The van der Waals surface area contributed by atoms with Gasteiger partial charge < -0.3 is 0 Å². The molecule has 0 aliphatic rings. The molecule has 0 bridgehead atoms. The molecule has 0 heterocycles. The van der Waals surface area contributed by atoms with Crippen molar-refractivity contribution in [3.63, 3.8) is 0 Å². The van der Waals surface area contributed by atoms with E-state index in [0.717, 1.165) is 32.1 Å². The Balaban J connectivity index is 2.64. The van der Waals surface area contributed by atoms with Gasteiger partial charge in [0.1, 0.15) is 0 Å². The van der Waals surface area contributed by atoms with E-state index in [-0.39, 0.29) is 5.41 Å². The second kappa shape index (κ2) is 8.01. The summed E-state index contributed by atoms with van der Waals surface area (Å²) in [5.41, 5.74) is 8.91. The number of aryl methyl sites for hydroxylation is 4. The molecule has 0 unspecified atom stereocenters. The van der Waals surface area contributed by atoms with E-state index >= 15 is 0 Å². The highest BCUT2D eigenvalue weighted by Gasteiger charge is 2.28. The standard InChI is InChI=1S/C24H34/c1-7-18-12-19(8-2)15-22(14-18)24(6,11-5)23-16-20(9-3)13-21(10-4)17-23/h12-17H,7-11H2,1-6H3. The Labute approximate surface area is 149 Å². The first kappa shape index (κ1) is 18.8. The van der Waals surface area contributed by atoms with Crippen molar-refractivity contribution in [2.45, 2.75) is 79.1 Å². The highest BCUT2D eigenvalue weighted by molar-refractivity contribution is 5.45. The van der Waals surface area contributed by atoms with Gasteiger partial charge in [-0.15, -0.1) is 0 Å². The summed E-state index contributed by atoms with van der Waals surface area (Å²) < 4.78 is 0. The third kappa shape index (κ3) is 3.74. The Morgan fingerprint density at radius 1 is 0.542 bits per heavy atom. The predicted octanol–water partition coefficient (Wildman–Crippen LogP) is 6.65. The smallest absolute Gasteiger partial charge is 0.0172 e. The molecule has 0 amide bonds. The van der Waals surface area contributed by atoms with Crippen LogP contribution in [0.3, 0.4) is 0 Å². The van der Waals surface area contributed by atoms with Crippen molar-refractivity contribution in [1.82, 2.24) is 0 Å². The Morgan fingerprint density at radius 3 is 1.04 bits per heavy atom. The summed E-state index contributed by atoms with van der Waals surface area (Å²) in [6, 6.07) is 14.5. The summed E-state index contributed by atoms with van der Waals surface area (Å²) in [5, 5.41) is 0. The van der Waals surface area contributed by atoms with Gasteiger partial charge in [-0.1, -0.05) is 77.9 Å². The van der Waals surface area contributed by atoms with Crippen molar-refractivity contribution >= 4 is 0 Å². The van der Waals surface area contributed by atoms with E-state index in [1.807, 2.05) is 0 Å². The minimum atomic E-state index is 0.0875. The van der Waals surface area contributed by atoms with E-state index < -0.39 is 0 Å². The highest BCUT2D eigenvalue weighted by atomic mass is 14.3. The Hall–Kier alpha value is -1.56. The lowest BCUT2D eigenvalue weighted by Gasteiger charge is -2.32. The van der Waals surface area contributed by atoms with Gasteiger partial charge in [0, 0.05) is 5.41 Å². The molecule has 0 fully saturated rings. The Morgan fingerprint density at radius 2 is 0.833 bits per heavy atom. The van der Waals surface area contributed by atoms with E-state index in [2.05, 4.69) is 77.9 Å². The molecule has 130 valence electrons. The van der Waals surface area contributed by atoms with Gasteiger partial charge in [-0.25, -0.2) is 0 Å². The van der Waals surface area contributed by atoms with Gasteiger partial charge in [-0.05, 0) is 65.5 Å². The second-order valence-electron chi connectivity index (χ2n) is 7.18. The fourth-order valence-corrected chi connectivity index (χ4v) is 3.55. The third-order valence-electron chi connectivity index (χ3n) is 5.72. The van der Waals surface area contributed by atoms with Gasteiger partial charge in [0.25, 0.3) is 0 Å². The molecule has 0 aliphatic carbocycles. The van der Waals surface area contributed by atoms with Crippen LogP contribution in [0.2, 0.25) is 0 Å². The zero-order valence-corrected chi connectivity index (χ0v) is 16.5. The van der Waals surface area contributed by atoms with Gasteiger partial charge in [0.2, 0.25) is 0 Å². The van der Waals surface area contributed by atoms with Crippen molar-refractivity contribution in [2.24, 2.45) is 0 Å². The number of rotatable bonds is 7. The van der Waals surface area contributed by atoms with Gasteiger partial charge in [-0.2, -0.15) is 0 Å². The van der Waals surface area contributed by atoms with Gasteiger partial charge in [0.15, 0.2) is 0 Å². The molecule has 0 saturated carbocycles. The molecule has 0 radical (unpaired) electrons. The fraction of sp³-hybridized carbons (Fsp3) is 0.500. The Kier molecular flexibility index (Phi) is 6.27. The van der Waals surface area contributed by atoms with Gasteiger partial charge in [0.05, 0.1) is 0 Å². The van der Waals surface area contributed by atoms with Gasteiger partial charge in [-0.3, -0.25) is 0 Å². The third-order valence-corrected chi connectivity index (χ3v) is 5.72. The number of hydrogen-bond donors (Lipinski definition) is 0. The summed E-state index contributed by atoms with van der Waals surface area (Å²) >= 11 is 0. The maximum absolute atomic E-state index is 2.44. The molecule has 0 aromatic heterocycles. The van der Waals surface area contributed by atoms with Crippen LogP contribution in [0.15, 0.2) is 36.4 Å². The first-order valence-electron chi connectivity index (χ1n) is 9.77.